The van der Waals surface area contributed by atoms with E-state index in [1.54, 1.807) is 4.90 Å². The Hall–Kier alpha value is -0.730. The molecule has 3 heteroatoms. The smallest absolute Gasteiger partial charge is 0.320 e. The molecule has 0 aromatic heterocycles. The van der Waals surface area contributed by atoms with Gasteiger partial charge in [-0.25, -0.2) is 4.79 Å². The van der Waals surface area contributed by atoms with Crippen molar-refractivity contribution < 1.29 is 4.79 Å². The topological polar surface area (TPSA) is 23.6 Å². The van der Waals surface area contributed by atoms with Crippen LogP contribution in [0.1, 0.15) is 34.1 Å². The van der Waals surface area contributed by atoms with E-state index in [2.05, 4.69) is 27.7 Å². The summed E-state index contributed by atoms with van der Waals surface area (Å²) in [6.07, 6.45) is 1.07. The van der Waals surface area contributed by atoms with Crippen LogP contribution in [0.4, 0.5) is 4.79 Å². The summed E-state index contributed by atoms with van der Waals surface area (Å²) >= 11 is 0. The highest BCUT2D eigenvalue weighted by atomic mass is 16.2. The van der Waals surface area contributed by atoms with Crippen molar-refractivity contribution in [3.05, 3.63) is 0 Å². The molecule has 1 heterocycles. The molecule has 3 nitrogen and oxygen atoms in total. The maximum absolute atomic E-state index is 11.8. The SMILES string of the molecule is CC1CCN(C)C(=O)N1C(C)(C)C. The molecule has 1 unspecified atom stereocenters. The van der Waals surface area contributed by atoms with Gasteiger partial charge in [0.15, 0.2) is 0 Å². The van der Waals surface area contributed by atoms with Crippen LogP contribution in [0, 0.1) is 0 Å². The quantitative estimate of drug-likeness (QED) is 0.564. The monoisotopic (exact) mass is 184 g/mol. The third-order valence-electron chi connectivity index (χ3n) is 2.58. The number of urea groups is 1. The highest BCUT2D eigenvalue weighted by Crippen LogP contribution is 2.24. The second-order valence-corrected chi connectivity index (χ2v) is 4.88. The molecule has 0 saturated carbocycles. The molecule has 1 aliphatic rings. The largest absolute Gasteiger partial charge is 0.328 e. The molecule has 13 heavy (non-hydrogen) atoms. The lowest BCUT2D eigenvalue weighted by Crippen LogP contribution is -2.59. The molecule has 0 N–H and O–H groups in total. The van der Waals surface area contributed by atoms with E-state index in [1.807, 2.05) is 11.9 Å². The molecule has 1 aliphatic heterocycles. The zero-order valence-electron chi connectivity index (χ0n) is 9.29. The van der Waals surface area contributed by atoms with Crippen LogP contribution in [0.25, 0.3) is 0 Å². The minimum absolute atomic E-state index is 0.0643. The fourth-order valence-electron chi connectivity index (χ4n) is 1.93. The summed E-state index contributed by atoms with van der Waals surface area (Å²) in [4.78, 5) is 15.6. The number of amides is 2. The van der Waals surface area contributed by atoms with Crippen molar-refractivity contribution in [1.29, 1.82) is 0 Å². The molecule has 0 bridgehead atoms. The van der Waals surface area contributed by atoms with Crippen LogP contribution in [0.5, 0.6) is 0 Å². The summed E-state index contributed by atoms with van der Waals surface area (Å²) in [5.41, 5.74) is -0.0643. The lowest BCUT2D eigenvalue weighted by atomic mass is 10.0. The third-order valence-corrected chi connectivity index (χ3v) is 2.58. The van der Waals surface area contributed by atoms with E-state index in [0.29, 0.717) is 6.04 Å². The van der Waals surface area contributed by atoms with Crippen LogP contribution in [-0.2, 0) is 0 Å². The molecule has 1 saturated heterocycles. The minimum Gasteiger partial charge on any atom is -0.328 e. The lowest BCUT2D eigenvalue weighted by molar-refractivity contribution is 0.0614. The minimum atomic E-state index is -0.0643. The summed E-state index contributed by atoms with van der Waals surface area (Å²) in [5, 5.41) is 0. The van der Waals surface area contributed by atoms with Crippen molar-refractivity contribution in [2.45, 2.75) is 45.7 Å². The zero-order chi connectivity index (χ0) is 10.2. The van der Waals surface area contributed by atoms with Gasteiger partial charge in [-0.1, -0.05) is 0 Å². The molecule has 1 fully saturated rings. The summed E-state index contributed by atoms with van der Waals surface area (Å²) in [6.45, 7) is 9.25. The van der Waals surface area contributed by atoms with Gasteiger partial charge in [0, 0.05) is 25.2 Å². The first-order valence-electron chi connectivity index (χ1n) is 4.88. The van der Waals surface area contributed by atoms with Crippen molar-refractivity contribution in [2.24, 2.45) is 0 Å². The Morgan fingerprint density at radius 1 is 1.38 bits per heavy atom. The molecule has 0 aromatic carbocycles. The highest BCUT2D eigenvalue weighted by Gasteiger charge is 2.35. The standard InChI is InChI=1S/C10H20N2O/c1-8-6-7-11(5)9(13)12(8)10(2,3)4/h8H,6-7H2,1-5H3. The Morgan fingerprint density at radius 2 is 1.92 bits per heavy atom. The molecule has 76 valence electrons. The molecular weight excluding hydrogens is 164 g/mol. The predicted molar refractivity (Wildman–Crippen MR) is 53.7 cm³/mol. The highest BCUT2D eigenvalue weighted by molar-refractivity contribution is 5.76. The van der Waals surface area contributed by atoms with E-state index in [9.17, 15) is 4.79 Å². The second-order valence-electron chi connectivity index (χ2n) is 4.88. The summed E-state index contributed by atoms with van der Waals surface area (Å²) in [7, 11) is 1.87. The van der Waals surface area contributed by atoms with Crippen LogP contribution >= 0.6 is 0 Å². The van der Waals surface area contributed by atoms with Gasteiger partial charge in [-0.05, 0) is 34.1 Å². The number of rotatable bonds is 0. The molecule has 1 rings (SSSR count). The van der Waals surface area contributed by atoms with Crippen LogP contribution < -0.4 is 0 Å². The van der Waals surface area contributed by atoms with Gasteiger partial charge >= 0.3 is 6.03 Å². The first kappa shape index (κ1) is 10.4. The van der Waals surface area contributed by atoms with E-state index in [-0.39, 0.29) is 11.6 Å². The number of hydrogen-bond donors (Lipinski definition) is 0. The first-order valence-corrected chi connectivity index (χ1v) is 4.88. The normalized spacial score (nSPS) is 25.3. The summed E-state index contributed by atoms with van der Waals surface area (Å²) < 4.78 is 0. The van der Waals surface area contributed by atoms with Crippen LogP contribution in [0.3, 0.4) is 0 Å². The van der Waals surface area contributed by atoms with E-state index in [1.165, 1.54) is 0 Å². The lowest BCUT2D eigenvalue weighted by Gasteiger charge is -2.46. The van der Waals surface area contributed by atoms with Crippen molar-refractivity contribution in [2.75, 3.05) is 13.6 Å². The number of nitrogens with zero attached hydrogens (tertiary/aromatic N) is 2. The Morgan fingerprint density at radius 3 is 2.31 bits per heavy atom. The van der Waals surface area contributed by atoms with Gasteiger partial charge in [-0.2, -0.15) is 0 Å². The predicted octanol–water partition coefficient (Wildman–Crippen LogP) is 1.93. The second kappa shape index (κ2) is 3.20. The van der Waals surface area contributed by atoms with Gasteiger partial charge < -0.3 is 9.80 Å². The summed E-state index contributed by atoms with van der Waals surface area (Å²) in [6, 6.07) is 0.523. The number of carbonyl (C=O) groups is 1. The fraction of sp³-hybridized carbons (Fsp3) is 0.900. The van der Waals surface area contributed by atoms with Crippen LogP contribution in [0.2, 0.25) is 0 Å². The van der Waals surface area contributed by atoms with Gasteiger partial charge in [0.25, 0.3) is 0 Å². The molecular formula is C10H20N2O. The van der Waals surface area contributed by atoms with Crippen molar-refractivity contribution in [1.82, 2.24) is 9.80 Å². The van der Waals surface area contributed by atoms with Gasteiger partial charge in [0.1, 0.15) is 0 Å². The molecule has 0 radical (unpaired) electrons. The number of carbonyl (C=O) groups excluding carboxylic acids is 1. The molecule has 0 spiro atoms. The third kappa shape index (κ3) is 1.95. The van der Waals surface area contributed by atoms with Crippen molar-refractivity contribution >= 4 is 6.03 Å². The Kier molecular flexibility index (Phi) is 2.55. The van der Waals surface area contributed by atoms with Gasteiger partial charge in [0.05, 0.1) is 0 Å². The number of hydrogen-bond acceptors (Lipinski definition) is 1. The Labute approximate surface area is 80.7 Å². The molecule has 0 aromatic rings. The molecule has 1 atom stereocenters. The maximum atomic E-state index is 11.8. The zero-order valence-corrected chi connectivity index (χ0v) is 9.29. The maximum Gasteiger partial charge on any atom is 0.320 e. The first-order chi connectivity index (χ1) is 5.84. The van der Waals surface area contributed by atoms with E-state index in [4.69, 9.17) is 0 Å². The Balaban J connectivity index is 2.85. The van der Waals surface area contributed by atoms with Gasteiger partial charge in [0.2, 0.25) is 0 Å². The molecule has 0 aliphatic carbocycles. The van der Waals surface area contributed by atoms with Gasteiger partial charge in [-0.3, -0.25) is 0 Å². The van der Waals surface area contributed by atoms with E-state index in [0.717, 1.165) is 13.0 Å². The molecule has 2 amide bonds. The van der Waals surface area contributed by atoms with Crippen molar-refractivity contribution in [3.63, 3.8) is 0 Å². The van der Waals surface area contributed by atoms with Gasteiger partial charge in [-0.15, -0.1) is 0 Å². The summed E-state index contributed by atoms with van der Waals surface area (Å²) in [5.74, 6) is 0. The Bertz CT molecular complexity index is 207. The average Bonchev–Trinajstić information content (AvgIpc) is 1.95. The average molecular weight is 184 g/mol. The van der Waals surface area contributed by atoms with E-state index >= 15 is 0 Å². The fourth-order valence-corrected chi connectivity index (χ4v) is 1.93. The van der Waals surface area contributed by atoms with E-state index < -0.39 is 0 Å². The van der Waals surface area contributed by atoms with Crippen molar-refractivity contribution in [3.8, 4) is 0 Å². The van der Waals surface area contributed by atoms with Crippen LogP contribution in [-0.4, -0.2) is 41.0 Å². The van der Waals surface area contributed by atoms with Crippen LogP contribution in [0.15, 0.2) is 0 Å².